The second-order valence-electron chi connectivity index (χ2n) is 7.76. The molecule has 1 aliphatic rings. The molecule has 0 radical (unpaired) electrons. The van der Waals surface area contributed by atoms with Crippen LogP contribution in [0.4, 0.5) is 5.82 Å². The molecule has 1 saturated heterocycles. The zero-order valence-electron chi connectivity index (χ0n) is 17.9. The first-order chi connectivity index (χ1) is 16.1. The van der Waals surface area contributed by atoms with Gasteiger partial charge in [0.05, 0.1) is 25.1 Å². The Hall–Kier alpha value is -3.10. The van der Waals surface area contributed by atoms with E-state index < -0.39 is 7.60 Å². The van der Waals surface area contributed by atoms with E-state index >= 15 is 0 Å². The van der Waals surface area contributed by atoms with E-state index in [1.165, 1.54) is 6.33 Å². The Morgan fingerprint density at radius 3 is 2.24 bits per heavy atom. The number of imidazole rings is 1. The average molecular weight is 465 g/mol. The summed E-state index contributed by atoms with van der Waals surface area (Å²) in [6.07, 6.45) is 2.75. The summed E-state index contributed by atoms with van der Waals surface area (Å²) in [6.45, 7) is 0.731. The predicted octanol–water partition coefficient (Wildman–Crippen LogP) is 4.50. The molecule has 0 amide bonds. The lowest BCUT2D eigenvalue weighted by atomic mass is 9.99. The number of anilines is 1. The molecule has 0 aliphatic carbocycles. The first-order valence-corrected chi connectivity index (χ1v) is 12.4. The SMILES string of the molecule is Nc1ncnc2c1ncn2CCOCP1(=O)O[C@H](c2ccccc2)C[C@@H](c2ccccc2)O1. The van der Waals surface area contributed by atoms with E-state index in [9.17, 15) is 4.57 Å². The van der Waals surface area contributed by atoms with Crippen molar-refractivity contribution in [3.8, 4) is 0 Å². The van der Waals surface area contributed by atoms with Crippen molar-refractivity contribution in [2.24, 2.45) is 0 Å². The van der Waals surface area contributed by atoms with Crippen molar-refractivity contribution in [2.45, 2.75) is 25.2 Å². The van der Waals surface area contributed by atoms with Crippen LogP contribution in [0, 0.1) is 0 Å². The minimum absolute atomic E-state index is 0.149. The van der Waals surface area contributed by atoms with Crippen molar-refractivity contribution in [1.82, 2.24) is 19.5 Å². The van der Waals surface area contributed by atoms with E-state index in [1.807, 2.05) is 65.2 Å². The molecule has 10 heteroatoms. The van der Waals surface area contributed by atoms with Gasteiger partial charge in [-0.2, -0.15) is 0 Å². The summed E-state index contributed by atoms with van der Waals surface area (Å²) in [5.74, 6) is 0.326. The standard InChI is InChI=1S/C23H24N5O4P/c24-22-21-23(26-14-25-22)28(15-27-21)11-12-30-16-33(29)31-19(17-7-3-1-4-8-17)13-20(32-33)18-9-5-2-6-10-18/h1-10,14-15,19-20H,11-13,16H2,(H2,24,25,26)/t19-,20-/m0/s1. The van der Waals surface area contributed by atoms with Crippen LogP contribution in [0.3, 0.4) is 0 Å². The number of nitrogen functional groups attached to an aromatic ring is 1. The summed E-state index contributed by atoms with van der Waals surface area (Å²) >= 11 is 0. The van der Waals surface area contributed by atoms with E-state index in [0.717, 1.165) is 11.1 Å². The van der Waals surface area contributed by atoms with Gasteiger partial charge in [0.2, 0.25) is 0 Å². The molecule has 4 aromatic rings. The highest BCUT2D eigenvalue weighted by Gasteiger charge is 2.40. The number of fused-ring (bicyclic) bond motifs is 1. The summed E-state index contributed by atoms with van der Waals surface area (Å²) in [7, 11) is -3.51. The fourth-order valence-electron chi connectivity index (χ4n) is 3.88. The third-order valence-electron chi connectivity index (χ3n) is 5.50. The summed E-state index contributed by atoms with van der Waals surface area (Å²) in [4.78, 5) is 12.4. The smallest absolute Gasteiger partial charge is 0.357 e. The molecule has 2 aromatic heterocycles. The maximum Gasteiger partial charge on any atom is 0.357 e. The van der Waals surface area contributed by atoms with Crippen LogP contribution in [-0.4, -0.2) is 32.5 Å². The molecular weight excluding hydrogens is 441 g/mol. The van der Waals surface area contributed by atoms with E-state index in [4.69, 9.17) is 19.5 Å². The van der Waals surface area contributed by atoms with Crippen molar-refractivity contribution in [1.29, 1.82) is 0 Å². The van der Waals surface area contributed by atoms with E-state index in [-0.39, 0.29) is 25.2 Å². The van der Waals surface area contributed by atoms with E-state index in [1.54, 1.807) is 6.33 Å². The number of hydrogen-bond donors (Lipinski definition) is 1. The van der Waals surface area contributed by atoms with Gasteiger partial charge in [-0.15, -0.1) is 0 Å². The van der Waals surface area contributed by atoms with Crippen LogP contribution in [0.5, 0.6) is 0 Å². The highest BCUT2D eigenvalue weighted by Crippen LogP contribution is 2.61. The van der Waals surface area contributed by atoms with Crippen LogP contribution < -0.4 is 5.73 Å². The fourth-order valence-corrected chi connectivity index (χ4v) is 5.60. The predicted molar refractivity (Wildman–Crippen MR) is 123 cm³/mol. The second kappa shape index (κ2) is 9.41. The number of nitrogens with two attached hydrogens (primary N) is 1. The Labute approximate surface area is 191 Å². The van der Waals surface area contributed by atoms with Crippen molar-refractivity contribution in [2.75, 3.05) is 18.7 Å². The molecule has 9 nitrogen and oxygen atoms in total. The van der Waals surface area contributed by atoms with Crippen LogP contribution in [0.2, 0.25) is 0 Å². The molecule has 0 unspecified atom stereocenters. The topological polar surface area (TPSA) is 114 Å². The lowest BCUT2D eigenvalue weighted by molar-refractivity contribution is 0.0137. The first kappa shape index (κ1) is 21.7. The lowest BCUT2D eigenvalue weighted by Gasteiger charge is -2.35. The number of ether oxygens (including phenoxy) is 1. The highest BCUT2D eigenvalue weighted by molar-refractivity contribution is 7.53. The van der Waals surface area contributed by atoms with Gasteiger partial charge in [-0.05, 0) is 11.1 Å². The number of nitrogens with zero attached hydrogens (tertiary/aromatic N) is 4. The van der Waals surface area contributed by atoms with Crippen molar-refractivity contribution in [3.63, 3.8) is 0 Å². The number of hydrogen-bond acceptors (Lipinski definition) is 8. The average Bonchev–Trinajstić information content (AvgIpc) is 3.27. The van der Waals surface area contributed by atoms with Crippen LogP contribution in [0.25, 0.3) is 11.2 Å². The van der Waals surface area contributed by atoms with Crippen LogP contribution in [-0.2, 0) is 24.9 Å². The van der Waals surface area contributed by atoms with Crippen LogP contribution in [0.1, 0.15) is 29.8 Å². The Morgan fingerprint density at radius 2 is 1.61 bits per heavy atom. The van der Waals surface area contributed by atoms with Crippen molar-refractivity contribution < 1.29 is 18.3 Å². The number of aromatic nitrogens is 4. The Bertz CT molecular complexity index is 1220. The Balaban J connectivity index is 1.28. The second-order valence-corrected chi connectivity index (χ2v) is 9.66. The minimum Gasteiger partial charge on any atom is -0.382 e. The van der Waals surface area contributed by atoms with Gasteiger partial charge in [0, 0.05) is 13.0 Å². The van der Waals surface area contributed by atoms with Gasteiger partial charge in [-0.3, -0.25) is 13.6 Å². The maximum atomic E-state index is 13.6. The summed E-state index contributed by atoms with van der Waals surface area (Å²) < 4.78 is 33.1. The molecule has 2 N–H and O–H groups in total. The lowest BCUT2D eigenvalue weighted by Crippen LogP contribution is -2.20. The summed E-state index contributed by atoms with van der Waals surface area (Å²) in [5, 5.41) is 0. The first-order valence-electron chi connectivity index (χ1n) is 10.7. The number of benzene rings is 2. The van der Waals surface area contributed by atoms with Gasteiger partial charge >= 0.3 is 7.60 Å². The van der Waals surface area contributed by atoms with E-state index in [0.29, 0.717) is 29.9 Å². The molecule has 2 atom stereocenters. The molecule has 170 valence electrons. The Kier molecular flexibility index (Phi) is 6.20. The highest BCUT2D eigenvalue weighted by atomic mass is 31.2. The summed E-state index contributed by atoms with van der Waals surface area (Å²) in [5.41, 5.74) is 8.92. The fraction of sp³-hybridized carbons (Fsp3) is 0.261. The molecule has 0 bridgehead atoms. The Morgan fingerprint density at radius 1 is 0.970 bits per heavy atom. The molecule has 2 aromatic carbocycles. The molecule has 0 saturated carbocycles. The molecular formula is C23H24N5O4P. The van der Waals surface area contributed by atoms with Gasteiger partial charge in [0.15, 0.2) is 11.5 Å². The van der Waals surface area contributed by atoms with Gasteiger partial charge in [-0.25, -0.2) is 15.0 Å². The van der Waals surface area contributed by atoms with Crippen molar-refractivity contribution >= 4 is 24.6 Å². The summed E-state index contributed by atoms with van der Waals surface area (Å²) in [6, 6.07) is 19.6. The molecule has 1 aliphatic heterocycles. The monoisotopic (exact) mass is 465 g/mol. The minimum atomic E-state index is -3.51. The van der Waals surface area contributed by atoms with Gasteiger partial charge < -0.3 is 15.0 Å². The normalized spacial score (nSPS) is 23.0. The zero-order valence-corrected chi connectivity index (χ0v) is 18.8. The third-order valence-corrected chi connectivity index (χ3v) is 7.15. The zero-order chi connectivity index (χ0) is 22.7. The van der Waals surface area contributed by atoms with Crippen LogP contribution >= 0.6 is 7.60 Å². The van der Waals surface area contributed by atoms with Gasteiger partial charge in [0.1, 0.15) is 18.2 Å². The van der Waals surface area contributed by atoms with Crippen LogP contribution in [0.15, 0.2) is 73.3 Å². The molecule has 0 spiro atoms. The largest absolute Gasteiger partial charge is 0.382 e. The van der Waals surface area contributed by atoms with E-state index in [2.05, 4.69) is 15.0 Å². The number of rotatable bonds is 7. The molecule has 1 fully saturated rings. The quantitative estimate of drug-likeness (QED) is 0.314. The molecule has 33 heavy (non-hydrogen) atoms. The molecule has 3 heterocycles. The molecule has 5 rings (SSSR count). The van der Waals surface area contributed by atoms with Gasteiger partial charge in [0.25, 0.3) is 0 Å². The van der Waals surface area contributed by atoms with Gasteiger partial charge in [-0.1, -0.05) is 60.7 Å². The van der Waals surface area contributed by atoms with Crippen molar-refractivity contribution in [3.05, 3.63) is 84.4 Å². The third kappa shape index (κ3) is 4.82. The maximum absolute atomic E-state index is 13.6.